The fourth-order valence-electron chi connectivity index (χ4n) is 5.09. The quantitative estimate of drug-likeness (QED) is 0.877. The molecule has 2 atom stereocenters. The van der Waals surface area contributed by atoms with Crippen LogP contribution in [0.1, 0.15) is 43.6 Å². The first-order valence-electron chi connectivity index (χ1n) is 9.91. The van der Waals surface area contributed by atoms with Crippen LogP contribution >= 0.6 is 0 Å². The molecular formula is C21H26N2O3. The Hall–Kier alpha value is -1.88. The lowest BCUT2D eigenvalue weighted by atomic mass is 9.60. The summed E-state index contributed by atoms with van der Waals surface area (Å²) >= 11 is 0. The van der Waals surface area contributed by atoms with Crippen molar-refractivity contribution in [2.75, 3.05) is 19.7 Å². The van der Waals surface area contributed by atoms with E-state index in [1.165, 1.54) is 5.56 Å². The Morgan fingerprint density at radius 1 is 1.08 bits per heavy atom. The van der Waals surface area contributed by atoms with Crippen LogP contribution < -0.4 is 0 Å². The van der Waals surface area contributed by atoms with Gasteiger partial charge in [0.1, 0.15) is 0 Å². The molecule has 0 radical (unpaired) electrons. The molecule has 5 nitrogen and oxygen atoms in total. The third kappa shape index (κ3) is 2.40. The Morgan fingerprint density at radius 2 is 1.77 bits per heavy atom. The highest BCUT2D eigenvalue weighted by Crippen LogP contribution is 2.55. The Kier molecular flexibility index (Phi) is 3.64. The molecule has 4 aliphatic rings. The first kappa shape index (κ1) is 16.3. The second-order valence-corrected chi connectivity index (χ2v) is 8.62. The number of aliphatic hydroxyl groups is 1. The average Bonchev–Trinajstić information content (AvgIpc) is 3.47. The van der Waals surface area contributed by atoms with E-state index in [2.05, 4.69) is 12.1 Å². The van der Waals surface area contributed by atoms with Crippen molar-refractivity contribution < 1.29 is 14.7 Å². The predicted molar refractivity (Wildman–Crippen MR) is 96.3 cm³/mol. The van der Waals surface area contributed by atoms with Crippen molar-refractivity contribution in [3.8, 4) is 0 Å². The molecule has 1 spiro atoms. The van der Waals surface area contributed by atoms with Gasteiger partial charge in [-0.3, -0.25) is 9.59 Å². The summed E-state index contributed by atoms with van der Waals surface area (Å²) < 4.78 is 0. The van der Waals surface area contributed by atoms with Gasteiger partial charge in [0.15, 0.2) is 0 Å². The minimum atomic E-state index is -0.314. The molecule has 1 aromatic carbocycles. The Morgan fingerprint density at radius 3 is 2.35 bits per heavy atom. The van der Waals surface area contributed by atoms with Crippen molar-refractivity contribution in [1.29, 1.82) is 0 Å². The molecule has 5 rings (SSSR count). The lowest BCUT2D eigenvalue weighted by Crippen LogP contribution is -2.86. The van der Waals surface area contributed by atoms with Crippen LogP contribution in [-0.4, -0.2) is 58.0 Å². The third-order valence-corrected chi connectivity index (χ3v) is 6.72. The van der Waals surface area contributed by atoms with Crippen molar-refractivity contribution in [2.45, 2.75) is 49.6 Å². The third-order valence-electron chi connectivity index (χ3n) is 6.72. The van der Waals surface area contributed by atoms with Crippen LogP contribution in [0.2, 0.25) is 0 Å². The summed E-state index contributed by atoms with van der Waals surface area (Å²) in [6.45, 7) is 1.22. The van der Waals surface area contributed by atoms with Crippen LogP contribution in [0.3, 0.4) is 0 Å². The summed E-state index contributed by atoms with van der Waals surface area (Å²) in [4.78, 5) is 29.3. The van der Waals surface area contributed by atoms with Crippen molar-refractivity contribution in [3.05, 3.63) is 35.9 Å². The lowest BCUT2D eigenvalue weighted by Gasteiger charge is -2.70. The number of nitrogens with zero attached hydrogens (tertiary/aromatic N) is 2. The van der Waals surface area contributed by atoms with Gasteiger partial charge in [-0.05, 0) is 37.2 Å². The molecule has 1 N–H and O–H groups in total. The molecule has 2 heterocycles. The number of benzene rings is 1. The summed E-state index contributed by atoms with van der Waals surface area (Å²) in [6.07, 6.45) is 4.90. The molecule has 2 saturated carbocycles. The number of hydrogen-bond acceptors (Lipinski definition) is 3. The molecular weight excluding hydrogens is 328 g/mol. The topological polar surface area (TPSA) is 60.9 Å². The molecule has 4 fully saturated rings. The van der Waals surface area contributed by atoms with E-state index in [1.807, 2.05) is 28.0 Å². The lowest BCUT2D eigenvalue weighted by molar-refractivity contribution is -0.203. The van der Waals surface area contributed by atoms with Crippen LogP contribution in [0.4, 0.5) is 0 Å². The molecule has 0 bridgehead atoms. The highest BCUT2D eigenvalue weighted by Gasteiger charge is 2.68. The molecule has 0 unspecified atom stereocenters. The van der Waals surface area contributed by atoms with Crippen molar-refractivity contribution in [1.82, 2.24) is 9.80 Å². The maximum Gasteiger partial charge on any atom is 0.225 e. The largest absolute Gasteiger partial charge is 0.394 e. The standard InChI is InChI=1S/C21H26N2O3/c24-11-17-19(15-4-2-1-3-5-15)21(23(17)18(25)10-14-6-7-14)12-22(13-21)20(26)16-8-9-16/h1-5,14,16-17,19,24H,6-13H2/t17-,19+/m1/s1. The van der Waals surface area contributed by atoms with Gasteiger partial charge in [0.2, 0.25) is 11.8 Å². The zero-order valence-electron chi connectivity index (χ0n) is 15.0. The van der Waals surface area contributed by atoms with E-state index < -0.39 is 0 Å². The summed E-state index contributed by atoms with van der Waals surface area (Å²) in [5.41, 5.74) is 0.853. The van der Waals surface area contributed by atoms with Gasteiger partial charge >= 0.3 is 0 Å². The van der Waals surface area contributed by atoms with E-state index in [0.29, 0.717) is 25.4 Å². The molecule has 2 amide bonds. The highest BCUT2D eigenvalue weighted by atomic mass is 16.3. The van der Waals surface area contributed by atoms with Gasteiger partial charge in [0.25, 0.3) is 0 Å². The average molecular weight is 354 g/mol. The number of carbonyl (C=O) groups is 2. The number of aliphatic hydroxyl groups excluding tert-OH is 1. The fourth-order valence-corrected chi connectivity index (χ4v) is 5.09. The van der Waals surface area contributed by atoms with Gasteiger partial charge in [0.05, 0.1) is 18.2 Å². The SMILES string of the molecule is O=C(C1CC1)N1CC2(C1)[C@@H](c1ccccc1)[C@@H](CO)N2C(=O)CC1CC1. The monoisotopic (exact) mass is 354 g/mol. The first-order valence-corrected chi connectivity index (χ1v) is 9.91. The molecule has 138 valence electrons. The van der Waals surface area contributed by atoms with E-state index in [4.69, 9.17) is 0 Å². The number of amides is 2. The second-order valence-electron chi connectivity index (χ2n) is 8.62. The molecule has 0 aromatic heterocycles. The maximum atomic E-state index is 13.0. The van der Waals surface area contributed by atoms with Gasteiger partial charge in [-0.15, -0.1) is 0 Å². The molecule has 2 aliphatic heterocycles. The Balaban J connectivity index is 1.42. The van der Waals surface area contributed by atoms with Gasteiger partial charge in [-0.25, -0.2) is 0 Å². The fraction of sp³-hybridized carbons (Fsp3) is 0.619. The molecule has 5 heteroatoms. The normalized spacial score (nSPS) is 29.3. The van der Waals surface area contributed by atoms with Gasteiger partial charge < -0.3 is 14.9 Å². The zero-order valence-corrected chi connectivity index (χ0v) is 15.0. The molecule has 1 aromatic rings. The highest BCUT2D eigenvalue weighted by molar-refractivity contribution is 5.85. The van der Waals surface area contributed by atoms with E-state index in [-0.39, 0.29) is 41.8 Å². The van der Waals surface area contributed by atoms with E-state index in [1.54, 1.807) is 0 Å². The minimum Gasteiger partial charge on any atom is -0.394 e. The van der Waals surface area contributed by atoms with Gasteiger partial charge in [-0.1, -0.05) is 30.3 Å². The maximum absolute atomic E-state index is 13.0. The van der Waals surface area contributed by atoms with Crippen LogP contribution in [0.5, 0.6) is 0 Å². The Labute approximate surface area is 154 Å². The van der Waals surface area contributed by atoms with Crippen molar-refractivity contribution in [3.63, 3.8) is 0 Å². The number of likely N-dealkylation sites (tertiary alicyclic amines) is 2. The van der Waals surface area contributed by atoms with Crippen molar-refractivity contribution >= 4 is 11.8 Å². The van der Waals surface area contributed by atoms with Gasteiger partial charge in [0, 0.05) is 31.3 Å². The summed E-state index contributed by atoms with van der Waals surface area (Å²) in [7, 11) is 0. The Bertz CT molecular complexity index is 720. The van der Waals surface area contributed by atoms with E-state index in [0.717, 1.165) is 25.7 Å². The van der Waals surface area contributed by atoms with Crippen molar-refractivity contribution in [2.24, 2.45) is 11.8 Å². The van der Waals surface area contributed by atoms with Gasteiger partial charge in [-0.2, -0.15) is 0 Å². The molecule has 26 heavy (non-hydrogen) atoms. The summed E-state index contributed by atoms with van der Waals surface area (Å²) in [5, 5.41) is 10.0. The summed E-state index contributed by atoms with van der Waals surface area (Å²) in [5.74, 6) is 1.27. The first-order chi connectivity index (χ1) is 12.6. The van der Waals surface area contributed by atoms with Crippen LogP contribution in [0.15, 0.2) is 30.3 Å². The van der Waals surface area contributed by atoms with E-state index in [9.17, 15) is 14.7 Å². The van der Waals surface area contributed by atoms with Crippen LogP contribution in [0.25, 0.3) is 0 Å². The zero-order chi connectivity index (χ0) is 17.9. The molecule has 2 saturated heterocycles. The smallest absolute Gasteiger partial charge is 0.225 e. The van der Waals surface area contributed by atoms with Crippen LogP contribution in [-0.2, 0) is 9.59 Å². The minimum absolute atomic E-state index is 0.0196. The second kappa shape index (κ2) is 5.81. The van der Waals surface area contributed by atoms with Crippen LogP contribution in [0, 0.1) is 11.8 Å². The number of rotatable bonds is 5. The van der Waals surface area contributed by atoms with E-state index >= 15 is 0 Å². The summed E-state index contributed by atoms with van der Waals surface area (Å²) in [6, 6.07) is 10.0. The predicted octanol–water partition coefficient (Wildman–Crippen LogP) is 1.76. The number of carbonyl (C=O) groups excluding carboxylic acids is 2. The molecule has 2 aliphatic carbocycles. The number of hydrogen-bond donors (Lipinski definition) is 1.